The molecule has 0 spiro atoms. The Kier molecular flexibility index (Phi) is 6.59. The molecule has 0 aliphatic carbocycles. The van der Waals surface area contributed by atoms with Crippen molar-refractivity contribution in [2.75, 3.05) is 26.3 Å². The van der Waals surface area contributed by atoms with Gasteiger partial charge in [0, 0.05) is 48.4 Å². The van der Waals surface area contributed by atoms with Crippen LogP contribution in [0.4, 0.5) is 13.2 Å². The van der Waals surface area contributed by atoms with E-state index in [2.05, 4.69) is 20.7 Å². The van der Waals surface area contributed by atoms with Crippen LogP contribution in [0.5, 0.6) is 11.6 Å². The number of pyridine rings is 1. The summed E-state index contributed by atoms with van der Waals surface area (Å²) in [5.41, 5.74) is 4.64. The molecule has 188 valence electrons. The van der Waals surface area contributed by atoms with Crippen LogP contribution in [-0.2, 0) is 17.8 Å². The molecule has 2 aromatic carbocycles. The van der Waals surface area contributed by atoms with Crippen LogP contribution in [0, 0.1) is 6.92 Å². The molecule has 0 bridgehead atoms. The minimum atomic E-state index is -4.73. The van der Waals surface area contributed by atoms with Gasteiger partial charge in [0.05, 0.1) is 25.5 Å². The molecule has 0 radical (unpaired) electrons. The molecule has 0 saturated carbocycles. The zero-order chi connectivity index (χ0) is 25.3. The lowest BCUT2D eigenvalue weighted by atomic mass is 10.0. The van der Waals surface area contributed by atoms with Crippen LogP contribution in [0.1, 0.15) is 16.8 Å². The number of aryl methyl sites for hydroxylation is 1. The van der Waals surface area contributed by atoms with Crippen molar-refractivity contribution in [3.63, 3.8) is 0 Å². The summed E-state index contributed by atoms with van der Waals surface area (Å²) in [6.45, 7) is 6.36. The number of aromatic nitrogens is 2. The fourth-order valence-electron chi connectivity index (χ4n) is 4.55. The van der Waals surface area contributed by atoms with Gasteiger partial charge in [-0.05, 0) is 47.9 Å². The number of morpholine rings is 1. The summed E-state index contributed by atoms with van der Waals surface area (Å²) in [4.78, 5) is 6.97. The summed E-state index contributed by atoms with van der Waals surface area (Å²) >= 11 is 0. The number of fused-ring (bicyclic) bond motifs is 1. The SMILES string of the molecule is Cc1cc(-c2ccc(CN3CCOCC3)nc2)cc2cn(Cc3ccc(OC(F)(F)F)cc3)c(O)c12. The van der Waals surface area contributed by atoms with Gasteiger partial charge in [-0.15, -0.1) is 13.2 Å². The highest BCUT2D eigenvalue weighted by atomic mass is 19.4. The van der Waals surface area contributed by atoms with Crippen molar-refractivity contribution in [2.45, 2.75) is 26.4 Å². The standard InChI is InChI=1S/C27H26F3N3O3/c1-18-12-21(20-4-5-23(31-14-20)17-32-8-10-35-11-9-32)13-22-16-33(26(34)25(18)22)15-19-2-6-24(7-3-19)36-27(28,29)30/h2-7,12-14,16,34H,8-11,15,17H2,1H3. The van der Waals surface area contributed by atoms with Crippen molar-refractivity contribution in [2.24, 2.45) is 0 Å². The highest BCUT2D eigenvalue weighted by Gasteiger charge is 2.31. The first-order chi connectivity index (χ1) is 17.2. The zero-order valence-corrected chi connectivity index (χ0v) is 19.8. The van der Waals surface area contributed by atoms with Crippen LogP contribution in [0.25, 0.3) is 21.9 Å². The highest BCUT2D eigenvalue weighted by molar-refractivity contribution is 5.94. The summed E-state index contributed by atoms with van der Waals surface area (Å²) in [5, 5.41) is 12.5. The van der Waals surface area contributed by atoms with E-state index in [0.29, 0.717) is 6.54 Å². The molecule has 2 aromatic heterocycles. The van der Waals surface area contributed by atoms with Gasteiger partial charge in [0.25, 0.3) is 0 Å². The minimum absolute atomic E-state index is 0.114. The normalized spacial score (nSPS) is 14.9. The minimum Gasteiger partial charge on any atom is -0.494 e. The Balaban J connectivity index is 1.35. The van der Waals surface area contributed by atoms with Crippen molar-refractivity contribution in [3.05, 3.63) is 77.7 Å². The Hall–Kier alpha value is -3.56. The molecule has 6 nitrogen and oxygen atoms in total. The van der Waals surface area contributed by atoms with Gasteiger partial charge >= 0.3 is 6.36 Å². The number of nitrogens with zero attached hydrogens (tertiary/aromatic N) is 3. The first-order valence-corrected chi connectivity index (χ1v) is 11.7. The average molecular weight is 498 g/mol. The fraction of sp³-hybridized carbons (Fsp3) is 0.296. The summed E-state index contributed by atoms with van der Waals surface area (Å²) in [5.74, 6) is -0.165. The van der Waals surface area contributed by atoms with Crippen LogP contribution in [-0.4, -0.2) is 52.2 Å². The van der Waals surface area contributed by atoms with E-state index in [4.69, 9.17) is 4.74 Å². The maximum Gasteiger partial charge on any atom is 0.573 e. The first kappa shape index (κ1) is 24.1. The predicted octanol–water partition coefficient (Wildman–Crippen LogP) is 5.50. The van der Waals surface area contributed by atoms with Crippen molar-refractivity contribution >= 4 is 10.8 Å². The van der Waals surface area contributed by atoms with E-state index in [1.807, 2.05) is 37.5 Å². The quantitative estimate of drug-likeness (QED) is 0.382. The smallest absolute Gasteiger partial charge is 0.494 e. The van der Waals surface area contributed by atoms with Crippen LogP contribution in [0.2, 0.25) is 0 Å². The molecule has 1 aliphatic heterocycles. The third-order valence-corrected chi connectivity index (χ3v) is 6.31. The molecule has 1 saturated heterocycles. The summed E-state index contributed by atoms with van der Waals surface area (Å²) in [6, 6.07) is 13.8. The largest absolute Gasteiger partial charge is 0.573 e. The van der Waals surface area contributed by atoms with Crippen LogP contribution >= 0.6 is 0 Å². The van der Waals surface area contributed by atoms with Crippen molar-refractivity contribution < 1.29 is 27.8 Å². The number of halogens is 3. The first-order valence-electron chi connectivity index (χ1n) is 11.7. The number of benzene rings is 2. The van der Waals surface area contributed by atoms with E-state index < -0.39 is 6.36 Å². The number of hydrogen-bond donors (Lipinski definition) is 1. The molecule has 5 rings (SSSR count). The Morgan fingerprint density at radius 1 is 1.00 bits per heavy atom. The molecule has 1 aliphatic rings. The van der Waals surface area contributed by atoms with Gasteiger partial charge in [0.1, 0.15) is 5.75 Å². The monoisotopic (exact) mass is 497 g/mol. The van der Waals surface area contributed by atoms with Crippen LogP contribution in [0.15, 0.2) is 60.9 Å². The fourth-order valence-corrected chi connectivity index (χ4v) is 4.55. The maximum atomic E-state index is 12.4. The van der Waals surface area contributed by atoms with Crippen LogP contribution in [0.3, 0.4) is 0 Å². The molecule has 3 heterocycles. The molecule has 1 N–H and O–H groups in total. The summed E-state index contributed by atoms with van der Waals surface area (Å²) in [7, 11) is 0. The molecule has 9 heteroatoms. The lowest BCUT2D eigenvalue weighted by Gasteiger charge is -2.26. The third kappa shape index (κ3) is 5.47. The van der Waals surface area contributed by atoms with E-state index in [-0.39, 0.29) is 11.6 Å². The van der Waals surface area contributed by atoms with E-state index in [1.165, 1.54) is 12.1 Å². The van der Waals surface area contributed by atoms with E-state index in [1.54, 1.807) is 16.7 Å². The van der Waals surface area contributed by atoms with Crippen molar-refractivity contribution in [1.82, 2.24) is 14.5 Å². The van der Waals surface area contributed by atoms with E-state index in [0.717, 1.165) is 71.6 Å². The topological polar surface area (TPSA) is 59.8 Å². The number of ether oxygens (including phenoxy) is 2. The molecule has 1 fully saturated rings. The van der Waals surface area contributed by atoms with Gasteiger partial charge in [0.2, 0.25) is 0 Å². The summed E-state index contributed by atoms with van der Waals surface area (Å²) < 4.78 is 48.2. The molecule has 4 aromatic rings. The average Bonchev–Trinajstić information content (AvgIpc) is 3.16. The predicted molar refractivity (Wildman–Crippen MR) is 130 cm³/mol. The van der Waals surface area contributed by atoms with Crippen molar-refractivity contribution in [1.29, 1.82) is 0 Å². The Bertz CT molecular complexity index is 1340. The van der Waals surface area contributed by atoms with Gasteiger partial charge in [0.15, 0.2) is 5.88 Å². The Morgan fingerprint density at radius 3 is 2.42 bits per heavy atom. The second-order valence-electron chi connectivity index (χ2n) is 8.96. The maximum absolute atomic E-state index is 12.4. The van der Waals surface area contributed by atoms with Gasteiger partial charge in [-0.1, -0.05) is 24.3 Å². The summed E-state index contributed by atoms with van der Waals surface area (Å²) in [6.07, 6.45) is -1.01. The second kappa shape index (κ2) is 9.83. The number of aromatic hydroxyl groups is 1. The van der Waals surface area contributed by atoms with E-state index >= 15 is 0 Å². The molecular formula is C27H26F3N3O3. The highest BCUT2D eigenvalue weighted by Crippen LogP contribution is 2.35. The molecular weight excluding hydrogens is 471 g/mol. The molecule has 0 amide bonds. The number of rotatable bonds is 6. The molecule has 0 unspecified atom stereocenters. The van der Waals surface area contributed by atoms with Gasteiger partial charge in [-0.3, -0.25) is 9.88 Å². The van der Waals surface area contributed by atoms with E-state index in [9.17, 15) is 18.3 Å². The van der Waals surface area contributed by atoms with Gasteiger partial charge < -0.3 is 19.1 Å². The Morgan fingerprint density at radius 2 is 1.75 bits per heavy atom. The molecule has 0 atom stereocenters. The lowest BCUT2D eigenvalue weighted by molar-refractivity contribution is -0.274. The number of alkyl halides is 3. The zero-order valence-electron chi connectivity index (χ0n) is 19.8. The van der Waals surface area contributed by atoms with Crippen LogP contribution < -0.4 is 4.74 Å². The van der Waals surface area contributed by atoms with Gasteiger partial charge in [-0.2, -0.15) is 0 Å². The number of hydrogen-bond acceptors (Lipinski definition) is 5. The molecule has 36 heavy (non-hydrogen) atoms. The van der Waals surface area contributed by atoms with Crippen molar-refractivity contribution in [3.8, 4) is 22.8 Å². The Labute approximate surface area is 206 Å². The van der Waals surface area contributed by atoms with Gasteiger partial charge in [-0.25, -0.2) is 0 Å². The lowest BCUT2D eigenvalue weighted by Crippen LogP contribution is -2.35. The second-order valence-corrected chi connectivity index (χ2v) is 8.96. The third-order valence-electron chi connectivity index (χ3n) is 6.31.